The van der Waals surface area contributed by atoms with Gasteiger partial charge in [0.05, 0.1) is 6.42 Å². The molecule has 0 aromatic heterocycles. The highest BCUT2D eigenvalue weighted by molar-refractivity contribution is 5.70. The van der Waals surface area contributed by atoms with Gasteiger partial charge in [-0.3, -0.25) is 4.79 Å². The summed E-state index contributed by atoms with van der Waals surface area (Å²) in [6, 6.07) is 13.7. The third-order valence-electron chi connectivity index (χ3n) is 3.13. The molecule has 0 radical (unpaired) electrons. The zero-order valence-corrected chi connectivity index (χ0v) is 11.2. The molecule has 0 atom stereocenters. The Balaban J connectivity index is 2.17. The van der Waals surface area contributed by atoms with Crippen molar-refractivity contribution in [1.29, 1.82) is 0 Å². The van der Waals surface area contributed by atoms with E-state index in [-0.39, 0.29) is 12.2 Å². The Labute approximate surface area is 117 Å². The zero-order chi connectivity index (χ0) is 14.5. The summed E-state index contributed by atoms with van der Waals surface area (Å²) < 4.78 is 12.9. The lowest BCUT2D eigenvalue weighted by molar-refractivity contribution is -0.136. The molecule has 0 saturated carbocycles. The van der Waals surface area contributed by atoms with Gasteiger partial charge in [0.1, 0.15) is 5.82 Å². The first-order valence-corrected chi connectivity index (χ1v) is 6.31. The maximum atomic E-state index is 12.9. The van der Waals surface area contributed by atoms with E-state index in [9.17, 15) is 9.18 Å². The van der Waals surface area contributed by atoms with E-state index in [0.717, 1.165) is 16.8 Å². The summed E-state index contributed by atoms with van der Waals surface area (Å²) in [7, 11) is 1.89. The van der Waals surface area contributed by atoms with Gasteiger partial charge in [-0.15, -0.1) is 0 Å². The van der Waals surface area contributed by atoms with Crippen molar-refractivity contribution in [3.05, 3.63) is 65.5 Å². The Morgan fingerprint density at radius 2 is 1.70 bits per heavy atom. The fourth-order valence-corrected chi connectivity index (χ4v) is 2.09. The van der Waals surface area contributed by atoms with Crippen LogP contribution >= 0.6 is 0 Å². The minimum atomic E-state index is -0.845. The quantitative estimate of drug-likeness (QED) is 0.910. The molecule has 0 spiro atoms. The number of aliphatic carboxylic acids is 1. The lowest BCUT2D eigenvalue weighted by Crippen LogP contribution is -2.18. The number of carbonyl (C=O) groups is 1. The first kappa shape index (κ1) is 14.1. The van der Waals surface area contributed by atoms with Gasteiger partial charge in [0.25, 0.3) is 0 Å². The molecule has 2 aromatic carbocycles. The summed E-state index contributed by atoms with van der Waals surface area (Å²) in [6.07, 6.45) is 0.00737. The number of nitrogens with zero attached hydrogens (tertiary/aromatic N) is 1. The van der Waals surface area contributed by atoms with Crippen molar-refractivity contribution in [1.82, 2.24) is 0 Å². The van der Waals surface area contributed by atoms with Crippen LogP contribution < -0.4 is 4.90 Å². The first-order chi connectivity index (χ1) is 9.56. The molecule has 0 bridgehead atoms. The summed E-state index contributed by atoms with van der Waals surface area (Å²) in [5, 5.41) is 8.92. The van der Waals surface area contributed by atoms with Crippen LogP contribution in [0, 0.1) is 5.82 Å². The minimum absolute atomic E-state index is 0.00737. The van der Waals surface area contributed by atoms with E-state index in [4.69, 9.17) is 5.11 Å². The molecule has 0 unspecified atom stereocenters. The third kappa shape index (κ3) is 3.57. The number of carboxylic acid groups (broad SMARTS) is 1. The van der Waals surface area contributed by atoms with E-state index in [0.29, 0.717) is 6.54 Å². The number of carboxylic acids is 1. The number of hydrogen-bond donors (Lipinski definition) is 1. The monoisotopic (exact) mass is 273 g/mol. The summed E-state index contributed by atoms with van der Waals surface area (Å²) in [5.41, 5.74) is 2.65. The molecule has 0 saturated heterocycles. The molecule has 4 heteroatoms. The van der Waals surface area contributed by atoms with Crippen LogP contribution in [0.4, 0.5) is 10.1 Å². The van der Waals surface area contributed by atoms with Crippen molar-refractivity contribution in [2.45, 2.75) is 13.0 Å². The van der Waals surface area contributed by atoms with Crippen molar-refractivity contribution in [2.24, 2.45) is 0 Å². The number of hydrogen-bond acceptors (Lipinski definition) is 2. The second-order valence-corrected chi connectivity index (χ2v) is 4.67. The highest BCUT2D eigenvalue weighted by Gasteiger charge is 2.09. The molecular weight excluding hydrogens is 257 g/mol. The topological polar surface area (TPSA) is 40.5 Å². The average molecular weight is 273 g/mol. The van der Waals surface area contributed by atoms with E-state index >= 15 is 0 Å². The van der Waals surface area contributed by atoms with E-state index in [1.165, 1.54) is 12.1 Å². The highest BCUT2D eigenvalue weighted by atomic mass is 19.1. The van der Waals surface area contributed by atoms with Crippen LogP contribution in [0.15, 0.2) is 48.5 Å². The van der Waals surface area contributed by atoms with Crippen molar-refractivity contribution in [2.75, 3.05) is 11.9 Å². The van der Waals surface area contributed by atoms with E-state index in [1.54, 1.807) is 12.1 Å². The maximum absolute atomic E-state index is 12.9. The van der Waals surface area contributed by atoms with Gasteiger partial charge in [0.2, 0.25) is 0 Å². The van der Waals surface area contributed by atoms with Gasteiger partial charge in [0.15, 0.2) is 0 Å². The van der Waals surface area contributed by atoms with E-state index in [2.05, 4.69) is 0 Å². The van der Waals surface area contributed by atoms with Crippen molar-refractivity contribution in [3.63, 3.8) is 0 Å². The normalized spacial score (nSPS) is 10.3. The van der Waals surface area contributed by atoms with Crippen LogP contribution in [0.1, 0.15) is 11.1 Å². The Morgan fingerprint density at radius 3 is 2.30 bits per heavy atom. The third-order valence-corrected chi connectivity index (χ3v) is 3.13. The van der Waals surface area contributed by atoms with Gasteiger partial charge in [0, 0.05) is 19.3 Å². The molecule has 0 fully saturated rings. The van der Waals surface area contributed by atoms with Gasteiger partial charge in [-0.05, 0) is 35.4 Å². The van der Waals surface area contributed by atoms with Crippen molar-refractivity contribution in [3.8, 4) is 0 Å². The smallest absolute Gasteiger partial charge is 0.307 e. The Bertz CT molecular complexity index is 596. The van der Waals surface area contributed by atoms with Gasteiger partial charge >= 0.3 is 5.97 Å². The van der Waals surface area contributed by atoms with Gasteiger partial charge < -0.3 is 10.0 Å². The molecule has 0 amide bonds. The van der Waals surface area contributed by atoms with Crippen LogP contribution in [-0.4, -0.2) is 18.1 Å². The molecule has 0 aliphatic heterocycles. The predicted molar refractivity (Wildman–Crippen MR) is 76.3 cm³/mol. The van der Waals surface area contributed by atoms with Gasteiger partial charge in [-0.2, -0.15) is 0 Å². The lowest BCUT2D eigenvalue weighted by atomic mass is 10.0. The fourth-order valence-electron chi connectivity index (χ4n) is 2.09. The second-order valence-electron chi connectivity index (χ2n) is 4.67. The van der Waals surface area contributed by atoms with Crippen molar-refractivity contribution >= 4 is 11.7 Å². The largest absolute Gasteiger partial charge is 0.481 e. The zero-order valence-electron chi connectivity index (χ0n) is 11.2. The van der Waals surface area contributed by atoms with Crippen LogP contribution in [0.2, 0.25) is 0 Å². The van der Waals surface area contributed by atoms with Gasteiger partial charge in [-0.25, -0.2) is 4.39 Å². The second kappa shape index (κ2) is 6.19. The number of anilines is 1. The van der Waals surface area contributed by atoms with Crippen LogP contribution in [0.25, 0.3) is 0 Å². The first-order valence-electron chi connectivity index (χ1n) is 6.31. The highest BCUT2D eigenvalue weighted by Crippen LogP contribution is 2.18. The van der Waals surface area contributed by atoms with E-state index in [1.807, 2.05) is 36.2 Å². The van der Waals surface area contributed by atoms with E-state index < -0.39 is 5.97 Å². The Kier molecular flexibility index (Phi) is 4.35. The molecular formula is C16H16FNO2. The molecule has 0 heterocycles. The van der Waals surface area contributed by atoms with Crippen LogP contribution in [0.5, 0.6) is 0 Å². The molecule has 0 aliphatic carbocycles. The van der Waals surface area contributed by atoms with Crippen LogP contribution in [0.3, 0.4) is 0 Å². The fraction of sp³-hybridized carbons (Fsp3) is 0.188. The molecule has 2 rings (SSSR count). The Morgan fingerprint density at radius 1 is 1.10 bits per heavy atom. The molecule has 2 aromatic rings. The summed E-state index contributed by atoms with van der Waals surface area (Å²) in [4.78, 5) is 12.8. The Hall–Kier alpha value is -2.36. The number of halogens is 1. The van der Waals surface area contributed by atoms with Crippen LogP contribution in [-0.2, 0) is 17.8 Å². The average Bonchev–Trinajstić information content (AvgIpc) is 2.41. The summed E-state index contributed by atoms with van der Waals surface area (Å²) in [6.45, 7) is 0.578. The molecule has 3 nitrogen and oxygen atoms in total. The molecule has 20 heavy (non-hydrogen) atoms. The maximum Gasteiger partial charge on any atom is 0.307 e. The summed E-state index contributed by atoms with van der Waals surface area (Å²) in [5.74, 6) is -1.12. The van der Waals surface area contributed by atoms with Gasteiger partial charge in [-0.1, -0.05) is 24.3 Å². The minimum Gasteiger partial charge on any atom is -0.481 e. The molecule has 1 N–H and O–H groups in total. The lowest BCUT2D eigenvalue weighted by Gasteiger charge is -2.21. The van der Waals surface area contributed by atoms with Crippen molar-refractivity contribution < 1.29 is 14.3 Å². The standard InChI is InChI=1S/C16H16FNO2/c1-18(15-8-6-14(17)7-9-15)11-13-5-3-2-4-12(13)10-16(19)20/h2-9H,10-11H2,1H3,(H,19,20). The predicted octanol–water partition coefficient (Wildman–Crippen LogP) is 3.09. The summed E-state index contributed by atoms with van der Waals surface area (Å²) >= 11 is 0. The SMILES string of the molecule is CN(Cc1ccccc1CC(=O)O)c1ccc(F)cc1. The molecule has 0 aliphatic rings. The number of rotatable bonds is 5. The number of benzene rings is 2. The molecule has 104 valence electrons.